The van der Waals surface area contributed by atoms with Gasteiger partial charge < -0.3 is 24.5 Å². The summed E-state index contributed by atoms with van der Waals surface area (Å²) in [6, 6.07) is 7.32. The van der Waals surface area contributed by atoms with Gasteiger partial charge in [-0.25, -0.2) is 4.79 Å². The highest BCUT2D eigenvalue weighted by atomic mass is 19.4. The summed E-state index contributed by atoms with van der Waals surface area (Å²) in [7, 11) is 0. The van der Waals surface area contributed by atoms with E-state index in [1.807, 2.05) is 20.8 Å². The Bertz CT molecular complexity index is 1260. The Labute approximate surface area is 212 Å². The first-order chi connectivity index (χ1) is 17.3. The average molecular weight is 522 g/mol. The molecule has 1 aliphatic rings. The summed E-state index contributed by atoms with van der Waals surface area (Å²) in [6.07, 6.45) is -1.44. The Balaban J connectivity index is 0.000000266. The van der Waals surface area contributed by atoms with Crippen molar-refractivity contribution in [2.45, 2.75) is 58.9 Å². The molecule has 2 N–H and O–H groups in total. The number of benzene rings is 1. The fraction of sp³-hybridized carbons (Fsp3) is 0.423. The number of aromatic nitrogens is 1. The molecule has 0 spiro atoms. The third-order valence-corrected chi connectivity index (χ3v) is 5.39. The van der Waals surface area contributed by atoms with Crippen molar-refractivity contribution < 1.29 is 36.7 Å². The van der Waals surface area contributed by atoms with Crippen molar-refractivity contribution >= 4 is 23.0 Å². The number of furan rings is 1. The van der Waals surface area contributed by atoms with Crippen LogP contribution < -0.4 is 10.5 Å². The summed E-state index contributed by atoms with van der Waals surface area (Å²) in [5.74, 6) is -0.000869. The van der Waals surface area contributed by atoms with Crippen LogP contribution in [0, 0.1) is 6.92 Å². The van der Waals surface area contributed by atoms with Gasteiger partial charge in [-0.2, -0.15) is 13.2 Å². The summed E-state index contributed by atoms with van der Waals surface area (Å²) >= 11 is 0. The molecular formula is C26H30F3N3O5. The van der Waals surface area contributed by atoms with E-state index in [-0.39, 0.29) is 35.2 Å². The Kier molecular flexibility index (Phi) is 8.35. The molecule has 0 aliphatic carbocycles. The van der Waals surface area contributed by atoms with E-state index in [0.717, 1.165) is 32.1 Å². The van der Waals surface area contributed by atoms with E-state index < -0.39 is 17.8 Å². The second kappa shape index (κ2) is 11.1. The normalized spacial score (nSPS) is 13.8. The summed E-state index contributed by atoms with van der Waals surface area (Å²) in [5, 5.41) is 0.449. The zero-order valence-electron chi connectivity index (χ0n) is 21.1. The Morgan fingerprint density at radius 3 is 2.41 bits per heavy atom. The second-order valence-electron chi connectivity index (χ2n) is 9.53. The van der Waals surface area contributed by atoms with Crippen molar-refractivity contribution in [2.75, 3.05) is 13.1 Å². The number of ether oxygens (including phenoxy) is 2. The minimum Gasteiger partial charge on any atom is -0.489 e. The number of nitrogens with zero attached hydrogens (tertiary/aromatic N) is 2. The van der Waals surface area contributed by atoms with Crippen molar-refractivity contribution in [2.24, 2.45) is 5.73 Å². The predicted molar refractivity (Wildman–Crippen MR) is 130 cm³/mol. The number of hydrogen-bond acceptors (Lipinski definition) is 6. The lowest BCUT2D eigenvalue weighted by Gasteiger charge is -2.23. The fourth-order valence-electron chi connectivity index (χ4n) is 3.79. The van der Waals surface area contributed by atoms with Crippen LogP contribution in [0.4, 0.5) is 18.0 Å². The minimum atomic E-state index is -4.56. The van der Waals surface area contributed by atoms with Crippen LogP contribution in [0.15, 0.2) is 40.9 Å². The number of halogens is 3. The van der Waals surface area contributed by atoms with E-state index in [9.17, 15) is 22.8 Å². The Morgan fingerprint density at radius 2 is 1.81 bits per heavy atom. The lowest BCUT2D eigenvalue weighted by Crippen LogP contribution is -2.34. The van der Waals surface area contributed by atoms with E-state index in [1.54, 1.807) is 24.0 Å². The van der Waals surface area contributed by atoms with Crippen LogP contribution in [-0.2, 0) is 17.5 Å². The number of fused-ring (bicyclic) bond motifs is 1. The Hall–Kier alpha value is -3.76. The van der Waals surface area contributed by atoms with Crippen LogP contribution >= 0.6 is 0 Å². The molecule has 1 aliphatic heterocycles. The maximum atomic E-state index is 12.9. The first kappa shape index (κ1) is 27.8. The van der Waals surface area contributed by atoms with Gasteiger partial charge in [-0.15, -0.1) is 0 Å². The number of carbonyl (C=O) groups excluding carboxylic acids is 2. The van der Waals surface area contributed by atoms with Crippen molar-refractivity contribution in [1.29, 1.82) is 0 Å². The SMILES string of the molecule is CC(C)(C)OC(=O)N1CCCC1.Cc1oc2ccc(OCc3cccnc3C(F)(F)F)cc2c1C(N)=O. The molecule has 1 saturated heterocycles. The van der Waals surface area contributed by atoms with Gasteiger partial charge in [-0.1, -0.05) is 6.07 Å². The molecule has 3 heterocycles. The topological polar surface area (TPSA) is 108 Å². The number of amides is 2. The lowest BCUT2D eigenvalue weighted by atomic mass is 10.1. The summed E-state index contributed by atoms with van der Waals surface area (Å²) in [6.45, 7) is 8.66. The van der Waals surface area contributed by atoms with Crippen molar-refractivity contribution in [3.8, 4) is 5.75 Å². The van der Waals surface area contributed by atoms with Crippen LogP contribution in [0.1, 0.15) is 61.0 Å². The molecule has 200 valence electrons. The smallest absolute Gasteiger partial charge is 0.433 e. The van der Waals surface area contributed by atoms with Gasteiger partial charge in [0.05, 0.1) is 5.56 Å². The number of aryl methyl sites for hydroxylation is 1. The van der Waals surface area contributed by atoms with Gasteiger partial charge in [-0.3, -0.25) is 9.78 Å². The number of hydrogen-bond donors (Lipinski definition) is 1. The molecule has 2 amide bonds. The quantitative estimate of drug-likeness (QED) is 0.461. The van der Waals surface area contributed by atoms with Crippen LogP contribution in [0.3, 0.4) is 0 Å². The first-order valence-electron chi connectivity index (χ1n) is 11.7. The van der Waals surface area contributed by atoms with Gasteiger partial charge in [0.15, 0.2) is 5.69 Å². The molecule has 3 aromatic rings. The van der Waals surface area contributed by atoms with E-state index in [4.69, 9.17) is 19.6 Å². The molecule has 37 heavy (non-hydrogen) atoms. The zero-order chi connectivity index (χ0) is 27.4. The number of rotatable bonds is 4. The number of nitrogens with two attached hydrogens (primary N) is 1. The molecule has 0 unspecified atom stereocenters. The molecule has 1 aromatic carbocycles. The number of primary amides is 1. The third kappa shape index (κ3) is 7.37. The highest BCUT2D eigenvalue weighted by Crippen LogP contribution is 2.32. The summed E-state index contributed by atoms with van der Waals surface area (Å²) in [5.41, 5.74) is 4.55. The van der Waals surface area contributed by atoms with Crippen molar-refractivity contribution in [1.82, 2.24) is 9.88 Å². The molecule has 0 radical (unpaired) electrons. The minimum absolute atomic E-state index is 0.0893. The number of alkyl halides is 3. The maximum Gasteiger partial charge on any atom is 0.433 e. The highest BCUT2D eigenvalue weighted by Gasteiger charge is 2.35. The second-order valence-corrected chi connectivity index (χ2v) is 9.53. The van der Waals surface area contributed by atoms with E-state index in [1.165, 1.54) is 18.2 Å². The van der Waals surface area contributed by atoms with Gasteiger partial charge in [0.25, 0.3) is 5.91 Å². The Morgan fingerprint density at radius 1 is 1.14 bits per heavy atom. The molecule has 0 bridgehead atoms. The number of pyridine rings is 1. The molecule has 1 fully saturated rings. The standard InChI is InChI=1S/C17H13F3N2O3.C9H17NO2/c1-9-14(16(21)23)12-7-11(4-5-13(12)25-9)24-8-10-3-2-6-22-15(10)17(18,19)20;1-9(2,3)12-8(11)10-6-4-5-7-10/h2-7H,8H2,1H3,(H2,21,23);4-7H2,1-3H3. The van der Waals surface area contributed by atoms with E-state index in [2.05, 4.69) is 4.98 Å². The predicted octanol–water partition coefficient (Wildman–Crippen LogP) is 5.85. The largest absolute Gasteiger partial charge is 0.489 e. The van der Waals surface area contributed by atoms with Gasteiger partial charge in [0, 0.05) is 30.2 Å². The van der Waals surface area contributed by atoms with Gasteiger partial charge in [0.2, 0.25) is 0 Å². The summed E-state index contributed by atoms with van der Waals surface area (Å²) in [4.78, 5) is 28.0. The van der Waals surface area contributed by atoms with Gasteiger partial charge in [0.1, 0.15) is 29.3 Å². The molecule has 4 rings (SSSR count). The number of likely N-dealkylation sites (tertiary alicyclic amines) is 1. The molecule has 8 nitrogen and oxygen atoms in total. The maximum absolute atomic E-state index is 12.9. The molecule has 2 aromatic heterocycles. The van der Waals surface area contributed by atoms with E-state index >= 15 is 0 Å². The number of carbonyl (C=O) groups is 2. The molecule has 0 saturated carbocycles. The third-order valence-electron chi connectivity index (χ3n) is 5.39. The fourth-order valence-corrected chi connectivity index (χ4v) is 3.79. The van der Waals surface area contributed by atoms with Crippen molar-refractivity contribution in [3.63, 3.8) is 0 Å². The molecule has 11 heteroatoms. The first-order valence-corrected chi connectivity index (χ1v) is 11.7. The monoisotopic (exact) mass is 521 g/mol. The van der Waals surface area contributed by atoms with E-state index in [0.29, 0.717) is 16.7 Å². The van der Waals surface area contributed by atoms with Crippen molar-refractivity contribution in [3.05, 3.63) is 59.1 Å². The van der Waals surface area contributed by atoms with Crippen LogP contribution in [0.2, 0.25) is 0 Å². The van der Waals surface area contributed by atoms with Crippen LogP contribution in [-0.4, -0.2) is 40.6 Å². The molecular weight excluding hydrogens is 491 g/mol. The summed E-state index contributed by atoms with van der Waals surface area (Å²) < 4.78 is 54.9. The van der Waals surface area contributed by atoms with Crippen LogP contribution in [0.25, 0.3) is 11.0 Å². The average Bonchev–Trinajstić information content (AvgIpc) is 3.44. The van der Waals surface area contributed by atoms with Crippen LogP contribution in [0.5, 0.6) is 5.75 Å². The van der Waals surface area contributed by atoms with Gasteiger partial charge in [-0.05, 0) is 64.8 Å². The highest BCUT2D eigenvalue weighted by molar-refractivity contribution is 6.06. The lowest BCUT2D eigenvalue weighted by molar-refractivity contribution is -0.142. The zero-order valence-corrected chi connectivity index (χ0v) is 21.1. The van der Waals surface area contributed by atoms with Gasteiger partial charge >= 0.3 is 12.3 Å². The molecule has 0 atom stereocenters.